The summed E-state index contributed by atoms with van der Waals surface area (Å²) in [5.74, 6) is -0.744. The minimum atomic E-state index is -4.28. The fourth-order valence-electron chi connectivity index (χ4n) is 9.36. The van der Waals surface area contributed by atoms with Crippen LogP contribution in [0.2, 0.25) is 0 Å². The lowest BCUT2D eigenvalue weighted by molar-refractivity contribution is -0.438. The van der Waals surface area contributed by atoms with Gasteiger partial charge in [0.15, 0.2) is 5.71 Å². The van der Waals surface area contributed by atoms with Gasteiger partial charge in [-0.25, -0.2) is 16.8 Å². The van der Waals surface area contributed by atoms with Crippen molar-refractivity contribution in [3.8, 4) is 0 Å². The molecule has 0 saturated heterocycles. The van der Waals surface area contributed by atoms with E-state index in [4.69, 9.17) is 11.6 Å². The van der Waals surface area contributed by atoms with Gasteiger partial charge in [0.1, 0.15) is 6.54 Å². The van der Waals surface area contributed by atoms with Gasteiger partial charge >= 0.3 is 0 Å². The normalized spacial score (nSPS) is 19.4. The number of rotatable bonds is 14. The second-order valence-electron chi connectivity index (χ2n) is 16.9. The Morgan fingerprint density at radius 2 is 1.32 bits per heavy atom. The van der Waals surface area contributed by atoms with Crippen LogP contribution in [0.1, 0.15) is 83.8 Å². The standard InChI is InChI=1S/C48H53ClN2O6S2/c1-47(2)42(50(30-11-13-32-58(52,53)54)40-27-24-34-16-5-8-21-38(34)44(40)47)23-10-7-18-36-19-15-20-37(46(36)49)26-29-43-48(3,4)45-39-22-9-6-17-35(39)25-28-41(45)51(43)31-12-14-33-59(55,56)57/h5-10,16-18,21-29H,11-15,19-20,30-33H2,1-4H3,(H-,52,53,54,55,56,57)/p-1. The zero-order chi connectivity index (χ0) is 42.2. The summed E-state index contributed by atoms with van der Waals surface area (Å²) in [5, 5.41) is 5.44. The molecule has 0 bridgehead atoms. The summed E-state index contributed by atoms with van der Waals surface area (Å²) in [6.07, 6.45) is 17.0. The Balaban J connectivity index is 1.17. The number of allylic oxidation sites excluding steroid dienone is 10. The first-order chi connectivity index (χ1) is 28.0. The van der Waals surface area contributed by atoms with E-state index in [-0.39, 0.29) is 22.3 Å². The number of benzene rings is 4. The average Bonchev–Trinajstić information content (AvgIpc) is 3.54. The molecule has 3 aliphatic rings. The van der Waals surface area contributed by atoms with Crippen molar-refractivity contribution < 1.29 is 30.5 Å². The summed E-state index contributed by atoms with van der Waals surface area (Å²) >= 11 is 7.18. The molecule has 1 aliphatic carbocycles. The van der Waals surface area contributed by atoms with E-state index in [0.717, 1.165) is 69.0 Å². The van der Waals surface area contributed by atoms with Crippen molar-refractivity contribution >= 4 is 70.5 Å². The summed E-state index contributed by atoms with van der Waals surface area (Å²) in [4.78, 5) is 2.27. The Kier molecular flexibility index (Phi) is 12.3. The van der Waals surface area contributed by atoms with Crippen LogP contribution in [0.15, 0.2) is 131 Å². The van der Waals surface area contributed by atoms with Crippen LogP contribution in [0.5, 0.6) is 0 Å². The van der Waals surface area contributed by atoms with Crippen LogP contribution < -0.4 is 4.90 Å². The summed E-state index contributed by atoms with van der Waals surface area (Å²) in [6.45, 7) is 10.1. The molecule has 0 N–H and O–H groups in total. The Bertz CT molecular complexity index is 2720. The lowest BCUT2D eigenvalue weighted by atomic mass is 9.79. The maximum absolute atomic E-state index is 11.4. The first kappa shape index (κ1) is 42.8. The molecule has 7 rings (SSSR count). The van der Waals surface area contributed by atoms with Gasteiger partial charge in [-0.1, -0.05) is 104 Å². The second kappa shape index (κ2) is 17.0. The lowest BCUT2D eigenvalue weighted by Crippen LogP contribution is -2.28. The third kappa shape index (κ3) is 9.08. The first-order valence-electron chi connectivity index (χ1n) is 20.5. The van der Waals surface area contributed by atoms with E-state index in [2.05, 4.69) is 128 Å². The van der Waals surface area contributed by atoms with Crippen LogP contribution >= 0.6 is 11.6 Å². The number of halogens is 1. The molecule has 0 amide bonds. The number of hydrogen-bond donors (Lipinski definition) is 0. The molecule has 2 aliphatic heterocycles. The van der Waals surface area contributed by atoms with Gasteiger partial charge in [0.25, 0.3) is 0 Å². The molecule has 4 aromatic rings. The Morgan fingerprint density at radius 3 is 2.00 bits per heavy atom. The Labute approximate surface area is 354 Å². The first-order valence-corrected chi connectivity index (χ1v) is 24.0. The molecule has 0 spiro atoms. The molecule has 0 radical (unpaired) electrons. The summed E-state index contributed by atoms with van der Waals surface area (Å²) in [5.41, 5.74) is 8.28. The van der Waals surface area contributed by atoms with Gasteiger partial charge in [-0.3, -0.25) is 0 Å². The summed E-state index contributed by atoms with van der Waals surface area (Å²) < 4.78 is 70.4. The Hall–Kier alpha value is -4.32. The van der Waals surface area contributed by atoms with Gasteiger partial charge in [0.05, 0.1) is 25.7 Å². The average molecular weight is 853 g/mol. The monoisotopic (exact) mass is 851 g/mol. The van der Waals surface area contributed by atoms with Crippen LogP contribution in [-0.4, -0.2) is 60.8 Å². The summed E-state index contributed by atoms with van der Waals surface area (Å²) in [6, 6.07) is 25.3. The zero-order valence-corrected chi connectivity index (χ0v) is 36.6. The predicted molar refractivity (Wildman–Crippen MR) is 240 cm³/mol. The van der Waals surface area contributed by atoms with Crippen molar-refractivity contribution in [2.45, 2.75) is 83.5 Å². The van der Waals surface area contributed by atoms with Gasteiger partial charge in [0, 0.05) is 64.0 Å². The van der Waals surface area contributed by atoms with Crippen LogP contribution in [0, 0.1) is 0 Å². The minimum absolute atomic E-state index is 0.298. The quantitative estimate of drug-likeness (QED) is 0.0704. The van der Waals surface area contributed by atoms with Crippen molar-refractivity contribution in [2.75, 3.05) is 29.5 Å². The fraction of sp³-hybridized carbons (Fsp3) is 0.354. The molecule has 11 heteroatoms. The molecular formula is C48H52ClN2O6S2-. The van der Waals surface area contributed by atoms with Crippen LogP contribution in [0.4, 0.5) is 11.4 Å². The predicted octanol–water partition coefficient (Wildman–Crippen LogP) is 10.4. The highest BCUT2D eigenvalue weighted by Gasteiger charge is 2.45. The van der Waals surface area contributed by atoms with Gasteiger partial charge < -0.3 is 14.0 Å². The highest BCUT2D eigenvalue weighted by molar-refractivity contribution is 7.85. The van der Waals surface area contributed by atoms with Gasteiger partial charge in [-0.05, 0) is 109 Å². The third-order valence-corrected chi connectivity index (χ3v) is 14.2. The number of nitrogens with zero attached hydrogens (tertiary/aromatic N) is 2. The molecule has 0 saturated carbocycles. The van der Waals surface area contributed by atoms with Gasteiger partial charge in [-0.2, -0.15) is 4.58 Å². The largest absolute Gasteiger partial charge is 0.748 e. The topological polar surface area (TPSA) is 121 Å². The van der Waals surface area contributed by atoms with Crippen molar-refractivity contribution in [1.82, 2.24) is 0 Å². The molecule has 310 valence electrons. The van der Waals surface area contributed by atoms with Crippen molar-refractivity contribution in [3.05, 3.63) is 142 Å². The number of anilines is 1. The van der Waals surface area contributed by atoms with Crippen LogP contribution in [-0.2, 0) is 31.1 Å². The molecule has 0 fully saturated rings. The highest BCUT2D eigenvalue weighted by atomic mass is 35.5. The van der Waals surface area contributed by atoms with Crippen LogP contribution in [0.25, 0.3) is 21.5 Å². The van der Waals surface area contributed by atoms with E-state index in [0.29, 0.717) is 38.8 Å². The third-order valence-electron chi connectivity index (χ3n) is 12.1. The van der Waals surface area contributed by atoms with Crippen molar-refractivity contribution in [1.29, 1.82) is 0 Å². The molecule has 0 atom stereocenters. The van der Waals surface area contributed by atoms with Crippen LogP contribution in [0.3, 0.4) is 0 Å². The van der Waals surface area contributed by atoms with E-state index in [1.54, 1.807) is 0 Å². The molecular weight excluding hydrogens is 800 g/mol. The van der Waals surface area contributed by atoms with E-state index in [1.165, 1.54) is 21.9 Å². The van der Waals surface area contributed by atoms with E-state index in [9.17, 15) is 25.9 Å². The second-order valence-corrected chi connectivity index (χ2v) is 20.3. The van der Waals surface area contributed by atoms with E-state index >= 15 is 0 Å². The molecule has 59 heavy (non-hydrogen) atoms. The van der Waals surface area contributed by atoms with E-state index < -0.39 is 20.2 Å². The van der Waals surface area contributed by atoms with Gasteiger partial charge in [-0.15, -0.1) is 0 Å². The molecule has 2 heterocycles. The molecule has 0 unspecified atom stereocenters. The summed E-state index contributed by atoms with van der Waals surface area (Å²) in [7, 11) is -8.55. The van der Waals surface area contributed by atoms with Crippen molar-refractivity contribution in [3.63, 3.8) is 0 Å². The van der Waals surface area contributed by atoms with Crippen molar-refractivity contribution in [2.24, 2.45) is 0 Å². The maximum Gasteiger partial charge on any atom is 0.210 e. The number of hydrogen-bond acceptors (Lipinski definition) is 7. The fourth-order valence-corrected chi connectivity index (χ4v) is 10.8. The molecule has 0 aromatic heterocycles. The number of unbranched alkanes of at least 4 members (excludes halogenated alkanes) is 2. The molecule has 4 aromatic carbocycles. The van der Waals surface area contributed by atoms with E-state index in [1.807, 2.05) is 18.2 Å². The molecule has 8 nitrogen and oxygen atoms in total. The SMILES string of the molecule is CC1(C)C(/C=C/C2=C(Cl)C(=C/C=C/C=C3/N(CCCCS(=O)(=O)[O-])c4ccc5ccccc5c4C3(C)C)/CCC2)=[N+](CCCCS(=O)(=O)[O-])c2ccc3ccccc3c21. The minimum Gasteiger partial charge on any atom is -0.748 e. The maximum atomic E-state index is 11.4. The zero-order valence-electron chi connectivity index (χ0n) is 34.2. The lowest BCUT2D eigenvalue weighted by Gasteiger charge is -2.27. The smallest absolute Gasteiger partial charge is 0.210 e. The number of fused-ring (bicyclic) bond motifs is 6. The Morgan fingerprint density at radius 1 is 0.712 bits per heavy atom. The highest BCUT2D eigenvalue weighted by Crippen LogP contribution is 2.51. The van der Waals surface area contributed by atoms with Gasteiger partial charge in [0.2, 0.25) is 5.69 Å².